The maximum absolute atomic E-state index is 11.6. The van der Waals surface area contributed by atoms with Crippen LogP contribution in [0, 0.1) is 0 Å². The van der Waals surface area contributed by atoms with Crippen molar-refractivity contribution in [2.45, 2.75) is 18.9 Å². The molecule has 0 amide bonds. The van der Waals surface area contributed by atoms with E-state index in [1.165, 1.54) is 12.8 Å². The van der Waals surface area contributed by atoms with Gasteiger partial charge in [-0.3, -0.25) is 0 Å². The molecule has 1 saturated carbocycles. The van der Waals surface area contributed by atoms with Crippen molar-refractivity contribution in [2.75, 3.05) is 25.4 Å². The van der Waals surface area contributed by atoms with Gasteiger partial charge in [-0.25, -0.2) is 13.1 Å². The lowest BCUT2D eigenvalue weighted by Gasteiger charge is -2.08. The largest absolute Gasteiger partial charge is 0.492 e. The van der Waals surface area contributed by atoms with Gasteiger partial charge in [0.1, 0.15) is 12.4 Å². The second-order valence-corrected chi connectivity index (χ2v) is 6.53. The van der Waals surface area contributed by atoms with Crippen molar-refractivity contribution in [1.29, 1.82) is 0 Å². The van der Waals surface area contributed by atoms with E-state index in [9.17, 15) is 8.42 Å². The molecule has 6 heteroatoms. The number of rotatable bonds is 9. The molecule has 5 nitrogen and oxygen atoms in total. The van der Waals surface area contributed by atoms with Crippen LogP contribution in [0.15, 0.2) is 30.3 Å². The van der Waals surface area contributed by atoms with Crippen LogP contribution in [-0.2, 0) is 10.0 Å². The summed E-state index contributed by atoms with van der Waals surface area (Å²) in [5, 5.41) is 3.18. The molecule has 0 heterocycles. The highest BCUT2D eigenvalue weighted by Gasteiger charge is 2.20. The van der Waals surface area contributed by atoms with Crippen LogP contribution in [0.25, 0.3) is 0 Å². The van der Waals surface area contributed by atoms with Crippen molar-refractivity contribution in [1.82, 2.24) is 10.0 Å². The molecule has 0 atom stereocenters. The zero-order valence-electron chi connectivity index (χ0n) is 10.8. The summed E-state index contributed by atoms with van der Waals surface area (Å²) in [7, 11) is -3.20. The highest BCUT2D eigenvalue weighted by molar-refractivity contribution is 7.89. The second kappa shape index (κ2) is 6.88. The number of hydrogen-bond donors (Lipinski definition) is 2. The first-order chi connectivity index (χ1) is 9.16. The first-order valence-electron chi connectivity index (χ1n) is 6.54. The van der Waals surface area contributed by atoms with Crippen molar-refractivity contribution in [3.05, 3.63) is 30.3 Å². The summed E-state index contributed by atoms with van der Waals surface area (Å²) in [6.07, 6.45) is 2.33. The molecule has 0 unspecified atom stereocenters. The van der Waals surface area contributed by atoms with Crippen molar-refractivity contribution in [3.8, 4) is 5.75 Å². The third-order valence-electron chi connectivity index (χ3n) is 2.82. The number of nitrogens with one attached hydrogen (secondary N) is 2. The molecule has 1 aromatic carbocycles. The van der Waals surface area contributed by atoms with Gasteiger partial charge in [0.15, 0.2) is 0 Å². The first-order valence-corrected chi connectivity index (χ1v) is 8.19. The van der Waals surface area contributed by atoms with Gasteiger partial charge in [-0.2, -0.15) is 0 Å². The molecule has 1 aromatic rings. The van der Waals surface area contributed by atoms with Crippen LogP contribution >= 0.6 is 0 Å². The standard InChI is InChI=1S/C13H20N2O3S/c16-19(17,11-9-14-12-6-7-12)15-8-10-18-13-4-2-1-3-5-13/h1-5,12,14-15H,6-11H2. The minimum absolute atomic E-state index is 0.120. The van der Waals surface area contributed by atoms with Gasteiger partial charge in [-0.1, -0.05) is 18.2 Å². The molecule has 2 rings (SSSR count). The number of ether oxygens (including phenoxy) is 1. The summed E-state index contributed by atoms with van der Waals surface area (Å²) in [4.78, 5) is 0. The summed E-state index contributed by atoms with van der Waals surface area (Å²) in [5.41, 5.74) is 0. The Bertz CT molecular complexity index is 472. The zero-order chi connectivity index (χ0) is 13.6. The van der Waals surface area contributed by atoms with E-state index in [1.807, 2.05) is 30.3 Å². The fourth-order valence-corrected chi connectivity index (χ4v) is 2.57. The van der Waals surface area contributed by atoms with Gasteiger partial charge in [0.25, 0.3) is 0 Å². The number of para-hydroxylation sites is 1. The highest BCUT2D eigenvalue weighted by Crippen LogP contribution is 2.17. The minimum atomic E-state index is -3.20. The van der Waals surface area contributed by atoms with Gasteiger partial charge in [-0.15, -0.1) is 0 Å². The summed E-state index contributed by atoms with van der Waals surface area (Å²) < 4.78 is 31.2. The summed E-state index contributed by atoms with van der Waals surface area (Å²) in [6.45, 7) is 1.14. The van der Waals surface area contributed by atoms with Gasteiger partial charge in [0.05, 0.1) is 5.75 Å². The average Bonchev–Trinajstić information content (AvgIpc) is 3.20. The van der Waals surface area contributed by atoms with E-state index < -0.39 is 10.0 Å². The molecule has 0 saturated heterocycles. The fraction of sp³-hybridized carbons (Fsp3) is 0.538. The molecule has 1 fully saturated rings. The molecule has 0 bridgehead atoms. The fourth-order valence-electron chi connectivity index (χ4n) is 1.64. The Morgan fingerprint density at radius 1 is 1.16 bits per heavy atom. The van der Waals surface area contributed by atoms with Crippen LogP contribution in [0.2, 0.25) is 0 Å². The average molecular weight is 284 g/mol. The van der Waals surface area contributed by atoms with Crippen molar-refractivity contribution < 1.29 is 13.2 Å². The molecule has 0 spiro atoms. The van der Waals surface area contributed by atoms with E-state index in [-0.39, 0.29) is 5.75 Å². The Kier molecular flexibility index (Phi) is 5.18. The lowest BCUT2D eigenvalue weighted by atomic mass is 10.3. The van der Waals surface area contributed by atoms with E-state index in [0.29, 0.717) is 25.7 Å². The number of benzene rings is 1. The quantitative estimate of drug-likeness (QED) is 0.656. The molecular weight excluding hydrogens is 264 g/mol. The van der Waals surface area contributed by atoms with E-state index in [2.05, 4.69) is 10.0 Å². The third kappa shape index (κ3) is 6.04. The third-order valence-corrected chi connectivity index (χ3v) is 4.20. The Hall–Kier alpha value is -1.11. The first kappa shape index (κ1) is 14.3. The molecule has 2 N–H and O–H groups in total. The predicted molar refractivity (Wildman–Crippen MR) is 74.8 cm³/mol. The van der Waals surface area contributed by atoms with E-state index in [1.54, 1.807) is 0 Å². The highest BCUT2D eigenvalue weighted by atomic mass is 32.2. The van der Waals surface area contributed by atoms with Gasteiger partial charge in [0, 0.05) is 19.1 Å². The van der Waals surface area contributed by atoms with Gasteiger partial charge >= 0.3 is 0 Å². The molecular formula is C13H20N2O3S. The topological polar surface area (TPSA) is 67.4 Å². The van der Waals surface area contributed by atoms with Crippen LogP contribution < -0.4 is 14.8 Å². The Morgan fingerprint density at radius 3 is 2.58 bits per heavy atom. The second-order valence-electron chi connectivity index (χ2n) is 4.60. The SMILES string of the molecule is O=S(=O)(CCNC1CC1)NCCOc1ccccc1. The Balaban J connectivity index is 1.58. The summed E-state index contributed by atoms with van der Waals surface area (Å²) in [6, 6.07) is 9.88. The van der Waals surface area contributed by atoms with Crippen LogP contribution in [0.1, 0.15) is 12.8 Å². The van der Waals surface area contributed by atoms with Crippen molar-refractivity contribution in [3.63, 3.8) is 0 Å². The van der Waals surface area contributed by atoms with E-state index in [4.69, 9.17) is 4.74 Å². The lowest BCUT2D eigenvalue weighted by Crippen LogP contribution is -2.34. The van der Waals surface area contributed by atoms with Gasteiger partial charge in [0.2, 0.25) is 10.0 Å². The number of sulfonamides is 1. The molecule has 0 aliphatic heterocycles. The van der Waals surface area contributed by atoms with Crippen LogP contribution in [-0.4, -0.2) is 39.9 Å². The molecule has 106 valence electrons. The monoisotopic (exact) mass is 284 g/mol. The normalized spacial score (nSPS) is 15.4. The molecule has 1 aliphatic rings. The van der Waals surface area contributed by atoms with Crippen molar-refractivity contribution in [2.24, 2.45) is 0 Å². The lowest BCUT2D eigenvalue weighted by molar-refractivity contribution is 0.323. The van der Waals surface area contributed by atoms with Crippen molar-refractivity contribution >= 4 is 10.0 Å². The molecule has 0 radical (unpaired) electrons. The van der Waals surface area contributed by atoms with Crippen LogP contribution in [0.4, 0.5) is 0 Å². The Morgan fingerprint density at radius 2 is 1.89 bits per heavy atom. The molecule has 0 aromatic heterocycles. The van der Waals surface area contributed by atoms with E-state index in [0.717, 1.165) is 5.75 Å². The smallest absolute Gasteiger partial charge is 0.212 e. The Labute approximate surface area is 114 Å². The molecule has 1 aliphatic carbocycles. The number of hydrogen-bond acceptors (Lipinski definition) is 4. The van der Waals surface area contributed by atoms with E-state index >= 15 is 0 Å². The summed E-state index contributed by atoms with van der Waals surface area (Å²) >= 11 is 0. The maximum atomic E-state index is 11.6. The predicted octanol–water partition coefficient (Wildman–Crippen LogP) is 0.737. The minimum Gasteiger partial charge on any atom is -0.492 e. The van der Waals surface area contributed by atoms with Gasteiger partial charge < -0.3 is 10.1 Å². The summed E-state index contributed by atoms with van der Waals surface area (Å²) in [5.74, 6) is 0.867. The van der Waals surface area contributed by atoms with Crippen LogP contribution in [0.5, 0.6) is 5.75 Å². The maximum Gasteiger partial charge on any atom is 0.212 e. The zero-order valence-corrected chi connectivity index (χ0v) is 11.7. The van der Waals surface area contributed by atoms with Gasteiger partial charge in [-0.05, 0) is 25.0 Å². The van der Waals surface area contributed by atoms with Crippen LogP contribution in [0.3, 0.4) is 0 Å². The molecule has 19 heavy (non-hydrogen) atoms.